The van der Waals surface area contributed by atoms with Gasteiger partial charge in [0, 0.05) is 5.97 Å². The van der Waals surface area contributed by atoms with Crippen LogP contribution in [0.3, 0.4) is 0 Å². The van der Waals surface area contributed by atoms with E-state index in [2.05, 4.69) is 19.2 Å². The van der Waals surface area contributed by atoms with Gasteiger partial charge in [-0.15, -0.1) is 0 Å². The molecule has 0 fully saturated rings. The average molecular weight is 217 g/mol. The van der Waals surface area contributed by atoms with Crippen LogP contribution in [-0.4, -0.2) is 19.1 Å². The molecule has 0 aliphatic rings. The number of aliphatic carboxylic acids is 1. The standard InChI is InChI=1S/C8H19N.C4H8O2/c1-3-5-7-9-8-6-4-2;1-2-3-4(5)6/h9H,3-8H2,1-2H3;2-3H2,1H3,(H,5,6). The zero-order chi connectivity index (χ0) is 11.9. The number of carboxylic acids is 1. The molecule has 0 rings (SSSR count). The number of quaternary nitrogens is 1. The summed E-state index contributed by atoms with van der Waals surface area (Å²) < 4.78 is 0. The lowest BCUT2D eigenvalue weighted by Gasteiger charge is -1.96. The predicted molar refractivity (Wildman–Crippen MR) is 61.4 cm³/mol. The highest BCUT2D eigenvalue weighted by atomic mass is 16.4. The minimum atomic E-state index is -0.961. The number of unbranched alkanes of at least 4 members (excludes halogenated alkanes) is 2. The van der Waals surface area contributed by atoms with Crippen molar-refractivity contribution in [1.29, 1.82) is 0 Å². The molecule has 0 atom stereocenters. The van der Waals surface area contributed by atoms with Gasteiger partial charge in [0.15, 0.2) is 0 Å². The first-order valence-electron chi connectivity index (χ1n) is 6.20. The highest BCUT2D eigenvalue weighted by Gasteiger charge is 1.86. The highest BCUT2D eigenvalue weighted by molar-refractivity contribution is 5.63. The Labute approximate surface area is 94.3 Å². The maximum Gasteiger partial charge on any atom is 0.0755 e. The summed E-state index contributed by atoms with van der Waals surface area (Å²) in [6, 6.07) is 0. The van der Waals surface area contributed by atoms with Crippen LogP contribution in [-0.2, 0) is 4.79 Å². The fraction of sp³-hybridized carbons (Fsp3) is 0.917. The van der Waals surface area contributed by atoms with E-state index in [1.54, 1.807) is 6.92 Å². The van der Waals surface area contributed by atoms with Crippen LogP contribution >= 0.6 is 0 Å². The van der Waals surface area contributed by atoms with Crippen molar-refractivity contribution in [3.05, 3.63) is 0 Å². The van der Waals surface area contributed by atoms with Crippen LogP contribution in [0.15, 0.2) is 0 Å². The van der Waals surface area contributed by atoms with Crippen LogP contribution in [0.2, 0.25) is 0 Å². The van der Waals surface area contributed by atoms with Crippen molar-refractivity contribution >= 4 is 5.97 Å². The van der Waals surface area contributed by atoms with E-state index in [9.17, 15) is 9.90 Å². The lowest BCUT2D eigenvalue weighted by Crippen LogP contribution is -2.84. The maximum atomic E-state index is 9.49. The average Bonchev–Trinajstić information content (AvgIpc) is 2.18. The molecule has 0 aliphatic heterocycles. The van der Waals surface area contributed by atoms with Gasteiger partial charge in [0.2, 0.25) is 0 Å². The molecule has 0 aromatic carbocycles. The normalized spacial score (nSPS) is 9.27. The number of rotatable bonds is 8. The summed E-state index contributed by atoms with van der Waals surface area (Å²) in [4.78, 5) is 9.49. The molecule has 3 heteroatoms. The third kappa shape index (κ3) is 24.7. The molecule has 0 saturated heterocycles. The zero-order valence-electron chi connectivity index (χ0n) is 10.6. The maximum absolute atomic E-state index is 9.49. The van der Waals surface area contributed by atoms with E-state index in [-0.39, 0.29) is 6.42 Å². The largest absolute Gasteiger partial charge is 0.550 e. The molecular weight excluding hydrogens is 190 g/mol. The van der Waals surface area contributed by atoms with E-state index < -0.39 is 5.97 Å². The van der Waals surface area contributed by atoms with E-state index >= 15 is 0 Å². The van der Waals surface area contributed by atoms with Gasteiger partial charge >= 0.3 is 0 Å². The van der Waals surface area contributed by atoms with Crippen molar-refractivity contribution in [2.45, 2.75) is 59.3 Å². The lowest BCUT2D eigenvalue weighted by atomic mass is 10.3. The molecule has 3 nitrogen and oxygen atoms in total. The van der Waals surface area contributed by atoms with Crippen LogP contribution < -0.4 is 10.4 Å². The second-order valence-electron chi connectivity index (χ2n) is 3.70. The first kappa shape index (κ1) is 16.8. The van der Waals surface area contributed by atoms with Crippen molar-refractivity contribution in [3.63, 3.8) is 0 Å². The van der Waals surface area contributed by atoms with Crippen molar-refractivity contribution in [2.24, 2.45) is 0 Å². The van der Waals surface area contributed by atoms with Gasteiger partial charge in [0.05, 0.1) is 13.1 Å². The molecule has 2 N–H and O–H groups in total. The highest BCUT2D eigenvalue weighted by Crippen LogP contribution is 1.80. The number of carbonyl (C=O) groups excluding carboxylic acids is 1. The number of carboxylic acid groups (broad SMARTS) is 1. The van der Waals surface area contributed by atoms with Gasteiger partial charge in [-0.3, -0.25) is 0 Å². The van der Waals surface area contributed by atoms with E-state index in [0.29, 0.717) is 6.42 Å². The van der Waals surface area contributed by atoms with E-state index in [1.165, 1.54) is 38.8 Å². The summed E-state index contributed by atoms with van der Waals surface area (Å²) in [5.41, 5.74) is 0. The molecule has 0 aromatic heterocycles. The summed E-state index contributed by atoms with van der Waals surface area (Å²) in [5.74, 6) is -0.961. The fourth-order valence-corrected chi connectivity index (χ4v) is 1.05. The quantitative estimate of drug-likeness (QED) is 0.608. The van der Waals surface area contributed by atoms with Crippen LogP contribution in [0.4, 0.5) is 0 Å². The second kappa shape index (κ2) is 15.9. The monoisotopic (exact) mass is 217 g/mol. The van der Waals surface area contributed by atoms with Crippen LogP contribution in [0, 0.1) is 0 Å². The van der Waals surface area contributed by atoms with Gasteiger partial charge in [-0.25, -0.2) is 0 Å². The van der Waals surface area contributed by atoms with Crippen LogP contribution in [0.1, 0.15) is 59.3 Å². The molecule has 0 aliphatic carbocycles. The van der Waals surface area contributed by atoms with Crippen LogP contribution in [0.25, 0.3) is 0 Å². The van der Waals surface area contributed by atoms with Crippen molar-refractivity contribution < 1.29 is 15.2 Å². The molecule has 0 heterocycles. The van der Waals surface area contributed by atoms with Crippen molar-refractivity contribution in [3.8, 4) is 0 Å². The third-order valence-corrected chi connectivity index (χ3v) is 1.98. The third-order valence-electron chi connectivity index (χ3n) is 1.98. The molecule has 0 bridgehead atoms. The molecular formula is C12H27NO2. The Kier molecular flexibility index (Phi) is 17.8. The predicted octanol–water partition coefficient (Wildman–Crippen LogP) is 0.686. The van der Waals surface area contributed by atoms with Crippen molar-refractivity contribution in [2.75, 3.05) is 13.1 Å². The molecule has 0 aromatic rings. The number of carbonyl (C=O) groups is 1. The zero-order valence-corrected chi connectivity index (χ0v) is 10.6. The second-order valence-corrected chi connectivity index (χ2v) is 3.70. The number of nitrogens with two attached hydrogens (primary N) is 1. The Balaban J connectivity index is 0. The molecule has 92 valence electrons. The smallest absolute Gasteiger partial charge is 0.0755 e. The molecule has 0 saturated carbocycles. The summed E-state index contributed by atoms with van der Waals surface area (Å²) in [6.45, 7) is 8.95. The molecule has 0 radical (unpaired) electrons. The summed E-state index contributed by atoms with van der Waals surface area (Å²) in [5, 5.41) is 11.9. The van der Waals surface area contributed by atoms with E-state index in [4.69, 9.17) is 0 Å². The Morgan fingerprint density at radius 3 is 1.67 bits per heavy atom. The number of hydrogen-bond acceptors (Lipinski definition) is 2. The van der Waals surface area contributed by atoms with Gasteiger partial charge < -0.3 is 15.2 Å². The molecule has 0 amide bonds. The minimum absolute atomic E-state index is 0.181. The van der Waals surface area contributed by atoms with Gasteiger partial charge in [-0.05, 0) is 19.3 Å². The van der Waals surface area contributed by atoms with Gasteiger partial charge in [0.25, 0.3) is 0 Å². The lowest BCUT2D eigenvalue weighted by molar-refractivity contribution is -0.655. The number of hydrogen-bond donors (Lipinski definition) is 1. The summed E-state index contributed by atoms with van der Waals surface area (Å²) in [6.07, 6.45) is 6.28. The Morgan fingerprint density at radius 1 is 1.00 bits per heavy atom. The first-order chi connectivity index (χ1) is 7.18. The fourth-order valence-electron chi connectivity index (χ4n) is 1.05. The summed E-state index contributed by atoms with van der Waals surface area (Å²) >= 11 is 0. The van der Waals surface area contributed by atoms with E-state index in [0.717, 1.165) is 0 Å². The summed E-state index contributed by atoms with van der Waals surface area (Å²) in [7, 11) is 0. The van der Waals surface area contributed by atoms with Gasteiger partial charge in [-0.2, -0.15) is 0 Å². The SMILES string of the molecule is CCCC(=O)[O-].CCCC[NH2+]CCCC. The molecule has 0 unspecified atom stereocenters. The van der Waals surface area contributed by atoms with Gasteiger partial charge in [0.1, 0.15) is 0 Å². The van der Waals surface area contributed by atoms with Crippen LogP contribution in [0.5, 0.6) is 0 Å². The van der Waals surface area contributed by atoms with Gasteiger partial charge in [-0.1, -0.05) is 40.0 Å². The van der Waals surface area contributed by atoms with E-state index in [1.807, 2.05) is 0 Å². The minimum Gasteiger partial charge on any atom is -0.550 e. The Hall–Kier alpha value is -0.570. The Morgan fingerprint density at radius 2 is 1.47 bits per heavy atom. The molecule has 0 spiro atoms. The molecule has 15 heavy (non-hydrogen) atoms. The Bertz CT molecular complexity index is 121. The van der Waals surface area contributed by atoms with Crippen molar-refractivity contribution in [1.82, 2.24) is 0 Å². The first-order valence-corrected chi connectivity index (χ1v) is 6.20. The topological polar surface area (TPSA) is 56.7 Å².